The summed E-state index contributed by atoms with van der Waals surface area (Å²) in [5.41, 5.74) is 2.41. The molecule has 2 aromatic rings. The van der Waals surface area contributed by atoms with Crippen LogP contribution in [0.2, 0.25) is 0 Å². The summed E-state index contributed by atoms with van der Waals surface area (Å²) in [6, 6.07) is 8.49. The minimum atomic E-state index is 0.129. The summed E-state index contributed by atoms with van der Waals surface area (Å²) in [6.07, 6.45) is 0. The van der Waals surface area contributed by atoms with Crippen LogP contribution in [0, 0.1) is 6.92 Å². The molecule has 0 fully saturated rings. The fraction of sp³-hybridized carbons (Fsp3) is 0.333. The number of nitrogens with one attached hydrogen (secondary N) is 1. The summed E-state index contributed by atoms with van der Waals surface area (Å²) in [7, 11) is 1.98. The highest BCUT2D eigenvalue weighted by molar-refractivity contribution is 9.11. The van der Waals surface area contributed by atoms with Crippen LogP contribution in [0.15, 0.2) is 32.5 Å². The van der Waals surface area contributed by atoms with Gasteiger partial charge in [0.25, 0.3) is 0 Å². The van der Waals surface area contributed by atoms with Gasteiger partial charge in [-0.3, -0.25) is 0 Å². The standard InChI is InChI=1S/C15H17Br2NOS/c1-4-19-12-6-5-10(16)8-11(12)14(18-3)13-7-9(2)15(17)20-13/h5-8,14,18H,4H2,1-3H3. The van der Waals surface area contributed by atoms with Crippen LogP contribution in [0.1, 0.15) is 29.0 Å². The summed E-state index contributed by atoms with van der Waals surface area (Å²) in [5.74, 6) is 0.928. The summed E-state index contributed by atoms with van der Waals surface area (Å²) in [5, 5.41) is 3.39. The number of benzene rings is 1. The molecular weight excluding hydrogens is 402 g/mol. The summed E-state index contributed by atoms with van der Waals surface area (Å²) in [6.45, 7) is 4.78. The molecular formula is C15H17Br2NOS. The van der Waals surface area contributed by atoms with Gasteiger partial charge in [0.15, 0.2) is 0 Å². The molecule has 0 spiro atoms. The highest BCUT2D eigenvalue weighted by Gasteiger charge is 2.20. The fourth-order valence-corrected chi connectivity index (χ4v) is 4.19. The first kappa shape index (κ1) is 16.0. The first-order valence-corrected chi connectivity index (χ1v) is 8.82. The lowest BCUT2D eigenvalue weighted by molar-refractivity contribution is 0.334. The molecule has 5 heteroatoms. The molecule has 1 heterocycles. The SMILES string of the molecule is CCOc1ccc(Br)cc1C(NC)c1cc(C)c(Br)s1. The highest BCUT2D eigenvalue weighted by atomic mass is 79.9. The van der Waals surface area contributed by atoms with E-state index < -0.39 is 0 Å². The Balaban J connectivity index is 2.47. The number of ether oxygens (including phenoxy) is 1. The third kappa shape index (κ3) is 3.45. The van der Waals surface area contributed by atoms with E-state index in [4.69, 9.17) is 4.74 Å². The van der Waals surface area contributed by atoms with Crippen molar-refractivity contribution in [3.63, 3.8) is 0 Å². The van der Waals surface area contributed by atoms with Gasteiger partial charge in [-0.15, -0.1) is 11.3 Å². The Morgan fingerprint density at radius 2 is 2.05 bits per heavy atom. The fourth-order valence-electron chi connectivity index (χ4n) is 2.11. The molecule has 0 radical (unpaired) electrons. The number of hydrogen-bond acceptors (Lipinski definition) is 3. The van der Waals surface area contributed by atoms with Crippen LogP contribution in [0.25, 0.3) is 0 Å². The molecule has 0 aliphatic heterocycles. The molecule has 1 N–H and O–H groups in total. The van der Waals surface area contributed by atoms with Gasteiger partial charge in [-0.1, -0.05) is 15.9 Å². The Kier molecular flexibility index (Phi) is 5.66. The van der Waals surface area contributed by atoms with Gasteiger partial charge >= 0.3 is 0 Å². The van der Waals surface area contributed by atoms with Gasteiger partial charge in [0.1, 0.15) is 5.75 Å². The van der Waals surface area contributed by atoms with Crippen molar-refractivity contribution in [1.29, 1.82) is 0 Å². The second kappa shape index (κ2) is 7.07. The maximum absolute atomic E-state index is 5.77. The number of thiophene rings is 1. The first-order chi connectivity index (χ1) is 9.56. The van der Waals surface area contributed by atoms with Gasteiger partial charge in [-0.25, -0.2) is 0 Å². The van der Waals surface area contributed by atoms with Crippen molar-refractivity contribution in [1.82, 2.24) is 5.32 Å². The second-order valence-corrected chi connectivity index (χ2v) is 7.76. The largest absolute Gasteiger partial charge is 0.494 e. The van der Waals surface area contributed by atoms with E-state index in [1.807, 2.05) is 26.1 Å². The van der Waals surface area contributed by atoms with Crippen LogP contribution in [-0.2, 0) is 0 Å². The second-order valence-electron chi connectivity index (χ2n) is 4.44. The third-order valence-electron chi connectivity index (χ3n) is 3.03. The van der Waals surface area contributed by atoms with Crippen molar-refractivity contribution in [2.24, 2.45) is 0 Å². The van der Waals surface area contributed by atoms with E-state index in [0.29, 0.717) is 6.61 Å². The molecule has 108 valence electrons. The van der Waals surface area contributed by atoms with Gasteiger partial charge in [0.05, 0.1) is 16.4 Å². The Morgan fingerprint density at radius 3 is 2.60 bits per heavy atom. The lowest BCUT2D eigenvalue weighted by Crippen LogP contribution is -2.17. The van der Waals surface area contributed by atoms with Gasteiger partial charge < -0.3 is 10.1 Å². The van der Waals surface area contributed by atoms with Crippen LogP contribution in [-0.4, -0.2) is 13.7 Å². The monoisotopic (exact) mass is 417 g/mol. The topological polar surface area (TPSA) is 21.3 Å². The minimum absolute atomic E-state index is 0.129. The van der Waals surface area contributed by atoms with Crippen molar-refractivity contribution >= 4 is 43.2 Å². The smallest absolute Gasteiger partial charge is 0.124 e. The van der Waals surface area contributed by atoms with Crippen molar-refractivity contribution in [3.05, 3.63) is 48.5 Å². The lowest BCUT2D eigenvalue weighted by atomic mass is 10.0. The molecule has 1 unspecified atom stereocenters. The van der Waals surface area contributed by atoms with E-state index in [0.717, 1.165) is 15.8 Å². The van der Waals surface area contributed by atoms with Crippen molar-refractivity contribution in [3.8, 4) is 5.75 Å². The molecule has 2 nitrogen and oxygen atoms in total. The summed E-state index contributed by atoms with van der Waals surface area (Å²) < 4.78 is 8.01. The molecule has 0 bridgehead atoms. The van der Waals surface area contributed by atoms with E-state index >= 15 is 0 Å². The van der Waals surface area contributed by atoms with Crippen LogP contribution in [0.5, 0.6) is 5.75 Å². The Morgan fingerprint density at radius 1 is 1.30 bits per heavy atom. The number of halogens is 2. The van der Waals surface area contributed by atoms with Gasteiger partial charge in [0.2, 0.25) is 0 Å². The summed E-state index contributed by atoms with van der Waals surface area (Å²) in [4.78, 5) is 1.27. The molecule has 1 aromatic heterocycles. The zero-order chi connectivity index (χ0) is 14.7. The molecule has 1 aromatic carbocycles. The Labute approximate surface area is 140 Å². The molecule has 0 aliphatic carbocycles. The molecule has 0 saturated heterocycles. The third-order valence-corrected chi connectivity index (χ3v) is 5.73. The molecule has 0 saturated carbocycles. The minimum Gasteiger partial charge on any atom is -0.494 e. The van der Waals surface area contributed by atoms with Crippen molar-refractivity contribution in [2.45, 2.75) is 19.9 Å². The zero-order valence-electron chi connectivity index (χ0n) is 11.7. The van der Waals surface area contributed by atoms with E-state index in [2.05, 4.69) is 56.2 Å². The highest BCUT2D eigenvalue weighted by Crippen LogP contribution is 2.38. The van der Waals surface area contributed by atoms with Gasteiger partial charge in [-0.2, -0.15) is 0 Å². The average molecular weight is 419 g/mol. The van der Waals surface area contributed by atoms with E-state index in [1.54, 1.807) is 11.3 Å². The van der Waals surface area contributed by atoms with E-state index in [1.165, 1.54) is 14.2 Å². The van der Waals surface area contributed by atoms with Gasteiger partial charge in [-0.05, 0) is 66.7 Å². The summed E-state index contributed by atoms with van der Waals surface area (Å²) >= 11 is 8.91. The normalized spacial score (nSPS) is 12.4. The van der Waals surface area contributed by atoms with Crippen molar-refractivity contribution in [2.75, 3.05) is 13.7 Å². The molecule has 0 aliphatic rings. The number of rotatable bonds is 5. The Hall–Kier alpha value is -0.360. The zero-order valence-corrected chi connectivity index (χ0v) is 15.7. The van der Waals surface area contributed by atoms with Crippen LogP contribution in [0.4, 0.5) is 0 Å². The lowest BCUT2D eigenvalue weighted by Gasteiger charge is -2.19. The molecule has 0 amide bonds. The Bertz CT molecular complexity index is 578. The van der Waals surface area contributed by atoms with Crippen LogP contribution >= 0.6 is 43.2 Å². The first-order valence-electron chi connectivity index (χ1n) is 6.42. The maximum Gasteiger partial charge on any atom is 0.124 e. The van der Waals surface area contributed by atoms with Crippen LogP contribution in [0.3, 0.4) is 0 Å². The quantitative estimate of drug-likeness (QED) is 0.712. The molecule has 2 rings (SSSR count). The predicted molar refractivity (Wildman–Crippen MR) is 93.0 cm³/mol. The maximum atomic E-state index is 5.77. The number of aryl methyl sites for hydroxylation is 1. The number of hydrogen-bond donors (Lipinski definition) is 1. The molecule has 1 atom stereocenters. The van der Waals surface area contributed by atoms with E-state index in [9.17, 15) is 0 Å². The predicted octanol–water partition coefficient (Wildman–Crippen LogP) is 5.29. The van der Waals surface area contributed by atoms with Crippen LogP contribution < -0.4 is 10.1 Å². The molecule has 20 heavy (non-hydrogen) atoms. The van der Waals surface area contributed by atoms with Crippen molar-refractivity contribution < 1.29 is 4.74 Å². The van der Waals surface area contributed by atoms with Gasteiger partial charge in [0, 0.05) is 14.9 Å². The van der Waals surface area contributed by atoms with E-state index in [-0.39, 0.29) is 6.04 Å². The average Bonchev–Trinajstić information content (AvgIpc) is 2.73.